The van der Waals surface area contributed by atoms with Crippen LogP contribution in [-0.4, -0.2) is 43.6 Å². The monoisotopic (exact) mass is 371 g/mol. The van der Waals surface area contributed by atoms with E-state index in [1.807, 2.05) is 36.4 Å². The SMILES string of the molecule is [2H]C1([2H])CC(C(=O)OCC)(c2ccccc2)CC([2H])([2H])N1CCOCc1ccccc1. The van der Waals surface area contributed by atoms with Gasteiger partial charge in [-0.15, -0.1) is 0 Å². The second-order valence-corrected chi connectivity index (χ2v) is 6.53. The summed E-state index contributed by atoms with van der Waals surface area (Å²) in [5.74, 6) is -0.589. The van der Waals surface area contributed by atoms with Crippen molar-refractivity contribution < 1.29 is 19.8 Å². The number of carbonyl (C=O) groups is 1. The molecule has 1 aliphatic rings. The number of hydrogen-bond donors (Lipinski definition) is 0. The third-order valence-corrected chi connectivity index (χ3v) is 4.71. The molecule has 4 heteroatoms. The van der Waals surface area contributed by atoms with Gasteiger partial charge in [-0.3, -0.25) is 4.79 Å². The van der Waals surface area contributed by atoms with E-state index in [2.05, 4.69) is 0 Å². The highest BCUT2D eigenvalue weighted by atomic mass is 16.5. The van der Waals surface area contributed by atoms with Gasteiger partial charge in [0.1, 0.15) is 0 Å². The van der Waals surface area contributed by atoms with Crippen LogP contribution in [0.15, 0.2) is 60.7 Å². The van der Waals surface area contributed by atoms with E-state index in [4.69, 9.17) is 15.0 Å². The van der Waals surface area contributed by atoms with Gasteiger partial charge in [-0.25, -0.2) is 0 Å². The topological polar surface area (TPSA) is 38.8 Å². The zero-order valence-corrected chi connectivity index (χ0v) is 15.7. The lowest BCUT2D eigenvalue weighted by Gasteiger charge is -2.40. The van der Waals surface area contributed by atoms with Crippen LogP contribution in [0.4, 0.5) is 0 Å². The van der Waals surface area contributed by atoms with Crippen LogP contribution < -0.4 is 0 Å². The van der Waals surface area contributed by atoms with E-state index < -0.39 is 24.4 Å². The first-order chi connectivity index (χ1) is 14.7. The van der Waals surface area contributed by atoms with Gasteiger partial charge in [-0.05, 0) is 43.9 Å². The highest BCUT2D eigenvalue weighted by Gasteiger charge is 2.43. The van der Waals surface area contributed by atoms with Crippen LogP contribution in [0.2, 0.25) is 0 Å². The third kappa shape index (κ3) is 4.96. The summed E-state index contributed by atoms with van der Waals surface area (Å²) in [6, 6.07) is 18.5. The fourth-order valence-corrected chi connectivity index (χ4v) is 3.15. The van der Waals surface area contributed by atoms with E-state index in [0.717, 1.165) is 5.56 Å². The van der Waals surface area contributed by atoms with Crippen LogP contribution in [0.3, 0.4) is 0 Å². The molecule has 2 aromatic carbocycles. The molecule has 144 valence electrons. The van der Waals surface area contributed by atoms with Crippen LogP contribution in [0.5, 0.6) is 0 Å². The molecule has 0 saturated carbocycles. The van der Waals surface area contributed by atoms with Crippen molar-refractivity contribution in [1.29, 1.82) is 0 Å². The number of ether oxygens (including phenoxy) is 2. The number of esters is 1. The highest BCUT2D eigenvalue weighted by Crippen LogP contribution is 2.36. The minimum absolute atomic E-state index is 0.0700. The van der Waals surface area contributed by atoms with E-state index in [-0.39, 0.29) is 32.6 Å². The molecule has 0 atom stereocenters. The molecule has 0 aliphatic carbocycles. The van der Waals surface area contributed by atoms with Crippen LogP contribution >= 0.6 is 0 Å². The van der Waals surface area contributed by atoms with Crippen molar-refractivity contribution in [2.75, 3.05) is 32.8 Å². The van der Waals surface area contributed by atoms with Crippen LogP contribution in [0.1, 0.15) is 36.4 Å². The molecule has 27 heavy (non-hydrogen) atoms. The summed E-state index contributed by atoms with van der Waals surface area (Å²) in [5.41, 5.74) is 0.171. The van der Waals surface area contributed by atoms with Crippen molar-refractivity contribution in [3.8, 4) is 0 Å². The maximum Gasteiger partial charge on any atom is 0.316 e. The molecule has 0 N–H and O–H groups in total. The molecule has 0 aromatic heterocycles. The first-order valence-corrected chi connectivity index (χ1v) is 9.33. The van der Waals surface area contributed by atoms with Crippen molar-refractivity contribution in [2.45, 2.75) is 31.8 Å². The lowest BCUT2D eigenvalue weighted by Crippen LogP contribution is -2.48. The fourth-order valence-electron chi connectivity index (χ4n) is 3.15. The number of rotatable bonds is 8. The molecule has 1 aliphatic heterocycles. The summed E-state index contributed by atoms with van der Waals surface area (Å²) in [7, 11) is 0. The Morgan fingerprint density at radius 1 is 1.07 bits per heavy atom. The van der Waals surface area contributed by atoms with Crippen molar-refractivity contribution in [3.05, 3.63) is 71.8 Å². The molecule has 1 heterocycles. The van der Waals surface area contributed by atoms with E-state index in [1.165, 1.54) is 4.90 Å². The number of piperidine rings is 1. The van der Waals surface area contributed by atoms with Gasteiger partial charge in [0.15, 0.2) is 0 Å². The van der Waals surface area contributed by atoms with Gasteiger partial charge >= 0.3 is 5.97 Å². The lowest BCUT2D eigenvalue weighted by atomic mass is 9.72. The van der Waals surface area contributed by atoms with E-state index in [0.29, 0.717) is 12.2 Å². The second kappa shape index (κ2) is 9.67. The van der Waals surface area contributed by atoms with Gasteiger partial charge in [0.05, 0.1) is 25.2 Å². The molecule has 0 radical (unpaired) electrons. The lowest BCUT2D eigenvalue weighted by molar-refractivity contribution is -0.152. The number of hydrogen-bond acceptors (Lipinski definition) is 4. The molecule has 0 amide bonds. The van der Waals surface area contributed by atoms with Crippen LogP contribution in [0, 0.1) is 0 Å². The molecule has 1 fully saturated rings. The quantitative estimate of drug-likeness (QED) is 0.523. The van der Waals surface area contributed by atoms with Gasteiger partial charge < -0.3 is 14.4 Å². The van der Waals surface area contributed by atoms with Gasteiger partial charge in [0.2, 0.25) is 0 Å². The Hall–Kier alpha value is -2.17. The van der Waals surface area contributed by atoms with E-state index in [9.17, 15) is 4.79 Å². The standard InChI is InChI=1S/C23H29NO3/c1-2-27-22(25)23(21-11-7-4-8-12-21)13-15-24(16-14-23)17-18-26-19-20-9-5-3-6-10-20/h3-12H,2,13-19H2,1H3/i15D2,16D2. The maximum atomic E-state index is 13.0. The largest absolute Gasteiger partial charge is 0.465 e. The summed E-state index contributed by atoms with van der Waals surface area (Å²) in [4.78, 5) is 14.2. The summed E-state index contributed by atoms with van der Waals surface area (Å²) in [6.45, 7) is -1.68. The zero-order valence-electron chi connectivity index (χ0n) is 19.7. The molecule has 0 unspecified atom stereocenters. The molecule has 0 bridgehead atoms. The van der Waals surface area contributed by atoms with Gasteiger partial charge in [0, 0.05) is 12.0 Å². The van der Waals surface area contributed by atoms with Crippen molar-refractivity contribution in [1.82, 2.24) is 4.90 Å². The Morgan fingerprint density at radius 3 is 2.33 bits per heavy atom. The van der Waals surface area contributed by atoms with Gasteiger partial charge in [-0.1, -0.05) is 60.7 Å². The van der Waals surface area contributed by atoms with E-state index in [1.54, 1.807) is 31.2 Å². The smallest absolute Gasteiger partial charge is 0.316 e. The van der Waals surface area contributed by atoms with Crippen LogP contribution in [0.25, 0.3) is 0 Å². The minimum atomic E-state index is -2.07. The average molecular weight is 372 g/mol. The Kier molecular flexibility index (Phi) is 5.32. The Morgan fingerprint density at radius 2 is 1.70 bits per heavy atom. The van der Waals surface area contributed by atoms with Crippen molar-refractivity contribution in [3.63, 3.8) is 0 Å². The summed E-state index contributed by atoms with van der Waals surface area (Å²) < 4.78 is 45.6. The molecule has 2 aromatic rings. The Labute approximate surface area is 167 Å². The molecule has 0 spiro atoms. The fraction of sp³-hybridized carbons (Fsp3) is 0.435. The molecular formula is C23H29NO3. The van der Waals surface area contributed by atoms with Gasteiger partial charge in [0.25, 0.3) is 0 Å². The maximum absolute atomic E-state index is 13.0. The third-order valence-electron chi connectivity index (χ3n) is 4.71. The number of carbonyl (C=O) groups excluding carboxylic acids is 1. The first-order valence-electron chi connectivity index (χ1n) is 11.3. The highest BCUT2D eigenvalue weighted by molar-refractivity contribution is 5.83. The number of nitrogens with zero attached hydrogens (tertiary/aromatic N) is 1. The number of likely N-dealkylation sites (tertiary alicyclic amines) is 1. The van der Waals surface area contributed by atoms with Crippen molar-refractivity contribution >= 4 is 5.97 Å². The molecule has 1 saturated heterocycles. The van der Waals surface area contributed by atoms with Crippen molar-refractivity contribution in [2.24, 2.45) is 0 Å². The van der Waals surface area contributed by atoms with Gasteiger partial charge in [-0.2, -0.15) is 0 Å². The average Bonchev–Trinajstić information content (AvgIpc) is 2.73. The Bertz CT molecular complexity index is 844. The predicted octanol–water partition coefficient (Wildman–Crippen LogP) is 3.80. The second-order valence-electron chi connectivity index (χ2n) is 6.53. The summed E-state index contributed by atoms with van der Waals surface area (Å²) >= 11 is 0. The molecular weight excluding hydrogens is 338 g/mol. The normalized spacial score (nSPS) is 22.7. The zero-order chi connectivity index (χ0) is 22.5. The van der Waals surface area contributed by atoms with Crippen LogP contribution in [-0.2, 0) is 26.3 Å². The summed E-state index contributed by atoms with van der Waals surface area (Å²) in [6.07, 6.45) is -0.387. The minimum Gasteiger partial charge on any atom is -0.465 e. The first kappa shape index (κ1) is 14.8. The summed E-state index contributed by atoms with van der Waals surface area (Å²) in [5, 5.41) is 0. The van der Waals surface area contributed by atoms with E-state index >= 15 is 0 Å². The Balaban J connectivity index is 1.79. The molecule has 4 nitrogen and oxygen atoms in total. The molecule has 3 rings (SSSR count). The predicted molar refractivity (Wildman–Crippen MR) is 107 cm³/mol. The number of benzene rings is 2.